The molecule has 1 aliphatic rings. The van der Waals surface area contributed by atoms with Gasteiger partial charge in [0.05, 0.1) is 0 Å². The van der Waals surface area contributed by atoms with Crippen molar-refractivity contribution in [2.75, 3.05) is 11.9 Å². The average Bonchev–Trinajstić information content (AvgIpc) is 2.97. The first-order valence-corrected chi connectivity index (χ1v) is 7.21. The van der Waals surface area contributed by atoms with E-state index in [1.165, 1.54) is 11.3 Å². The molecule has 1 aromatic heterocycles. The van der Waals surface area contributed by atoms with Gasteiger partial charge in [0.15, 0.2) is 5.13 Å². The molecule has 0 saturated carbocycles. The van der Waals surface area contributed by atoms with Crippen molar-refractivity contribution in [2.24, 2.45) is 5.73 Å². The van der Waals surface area contributed by atoms with Crippen molar-refractivity contribution in [2.45, 2.75) is 38.3 Å². The van der Waals surface area contributed by atoms with Crippen molar-refractivity contribution in [3.63, 3.8) is 0 Å². The lowest BCUT2D eigenvalue weighted by Gasteiger charge is -2.24. The minimum Gasteiger partial charge on any atom is -0.331 e. The van der Waals surface area contributed by atoms with Gasteiger partial charge in [0.25, 0.3) is 0 Å². The predicted molar refractivity (Wildman–Crippen MR) is 73.7 cm³/mol. The molecule has 2 heterocycles. The zero-order chi connectivity index (χ0) is 13.8. The highest BCUT2D eigenvalue weighted by Gasteiger charge is 2.34. The van der Waals surface area contributed by atoms with E-state index in [4.69, 9.17) is 5.73 Å². The van der Waals surface area contributed by atoms with Crippen LogP contribution in [0.1, 0.15) is 26.2 Å². The Bertz CT molecular complexity index is 447. The number of anilines is 1. The highest BCUT2D eigenvalue weighted by Crippen LogP contribution is 2.21. The molecule has 2 rings (SSSR count). The fraction of sp³-hybridized carbons (Fsp3) is 0.583. The zero-order valence-electron chi connectivity index (χ0n) is 10.8. The van der Waals surface area contributed by atoms with Gasteiger partial charge >= 0.3 is 0 Å². The predicted octanol–water partition coefficient (Wildman–Crippen LogP) is 0.810. The van der Waals surface area contributed by atoms with E-state index in [-0.39, 0.29) is 24.3 Å². The van der Waals surface area contributed by atoms with E-state index in [1.54, 1.807) is 23.4 Å². The van der Waals surface area contributed by atoms with E-state index in [0.717, 1.165) is 6.42 Å². The number of likely N-dealkylation sites (tertiary alicyclic amines) is 1. The number of hydrogen-bond donors (Lipinski definition) is 2. The first-order chi connectivity index (χ1) is 9.08. The number of thiazole rings is 1. The summed E-state index contributed by atoms with van der Waals surface area (Å²) in [6.45, 7) is 2.42. The molecule has 1 saturated heterocycles. The minimum absolute atomic E-state index is 0.0493. The van der Waals surface area contributed by atoms with E-state index in [9.17, 15) is 9.59 Å². The molecule has 0 bridgehead atoms. The van der Waals surface area contributed by atoms with Gasteiger partial charge in [-0.2, -0.15) is 0 Å². The van der Waals surface area contributed by atoms with E-state index in [0.29, 0.717) is 18.1 Å². The molecular formula is C12H18N4O2S. The van der Waals surface area contributed by atoms with Crippen LogP contribution in [0.5, 0.6) is 0 Å². The fourth-order valence-electron chi connectivity index (χ4n) is 2.20. The van der Waals surface area contributed by atoms with E-state index >= 15 is 0 Å². The molecule has 6 nitrogen and oxygen atoms in total. The molecule has 2 amide bonds. The van der Waals surface area contributed by atoms with Crippen LogP contribution in [0, 0.1) is 0 Å². The Balaban J connectivity index is 1.98. The molecule has 0 aliphatic carbocycles. The standard InChI is InChI=1S/C12H18N4O2S/c1-8(13)7-10(17)16-5-2-3-9(16)11(18)15-12-14-4-6-19-12/h4,6,8-9H,2-3,5,7,13H2,1H3,(H,14,15,18). The average molecular weight is 282 g/mol. The van der Waals surface area contributed by atoms with Crippen molar-refractivity contribution in [1.82, 2.24) is 9.88 Å². The molecule has 2 unspecified atom stereocenters. The second-order valence-electron chi connectivity index (χ2n) is 4.75. The van der Waals surface area contributed by atoms with Gasteiger partial charge in [-0.05, 0) is 19.8 Å². The van der Waals surface area contributed by atoms with Crippen LogP contribution in [-0.2, 0) is 9.59 Å². The Labute approximate surface area is 116 Å². The van der Waals surface area contributed by atoms with Gasteiger partial charge in [0, 0.05) is 30.6 Å². The summed E-state index contributed by atoms with van der Waals surface area (Å²) in [5.41, 5.74) is 5.64. The third-order valence-electron chi connectivity index (χ3n) is 3.03. The second kappa shape index (κ2) is 6.12. The Morgan fingerprint density at radius 3 is 3.11 bits per heavy atom. The van der Waals surface area contributed by atoms with Gasteiger partial charge in [-0.15, -0.1) is 11.3 Å². The van der Waals surface area contributed by atoms with Crippen molar-refractivity contribution in [3.8, 4) is 0 Å². The van der Waals surface area contributed by atoms with Gasteiger partial charge in [0.2, 0.25) is 11.8 Å². The lowest BCUT2D eigenvalue weighted by atomic mass is 10.2. The minimum atomic E-state index is -0.393. The Morgan fingerprint density at radius 2 is 2.47 bits per heavy atom. The molecule has 1 aliphatic heterocycles. The molecule has 1 fully saturated rings. The summed E-state index contributed by atoms with van der Waals surface area (Å²) in [6.07, 6.45) is 3.46. The van der Waals surface area contributed by atoms with E-state index in [2.05, 4.69) is 10.3 Å². The smallest absolute Gasteiger partial charge is 0.248 e. The lowest BCUT2D eigenvalue weighted by molar-refractivity contribution is -0.136. The molecular weight excluding hydrogens is 264 g/mol. The van der Waals surface area contributed by atoms with Crippen LogP contribution in [0.2, 0.25) is 0 Å². The van der Waals surface area contributed by atoms with Crippen molar-refractivity contribution in [3.05, 3.63) is 11.6 Å². The summed E-state index contributed by atoms with van der Waals surface area (Å²) >= 11 is 1.36. The summed E-state index contributed by atoms with van der Waals surface area (Å²) in [5, 5.41) is 5.11. The Kier molecular flexibility index (Phi) is 4.49. The van der Waals surface area contributed by atoms with Crippen LogP contribution in [0.25, 0.3) is 0 Å². The molecule has 1 aromatic rings. The molecule has 0 aromatic carbocycles. The van der Waals surface area contributed by atoms with Gasteiger partial charge in [0.1, 0.15) is 6.04 Å². The molecule has 7 heteroatoms. The summed E-state index contributed by atoms with van der Waals surface area (Å²) in [5.74, 6) is -0.211. The first kappa shape index (κ1) is 14.0. The van der Waals surface area contributed by atoms with Crippen LogP contribution >= 0.6 is 11.3 Å². The Morgan fingerprint density at radius 1 is 1.68 bits per heavy atom. The fourth-order valence-corrected chi connectivity index (χ4v) is 2.74. The third kappa shape index (κ3) is 3.51. The van der Waals surface area contributed by atoms with Gasteiger partial charge < -0.3 is 16.0 Å². The van der Waals surface area contributed by atoms with Gasteiger partial charge in [-0.25, -0.2) is 4.98 Å². The quantitative estimate of drug-likeness (QED) is 0.855. The van der Waals surface area contributed by atoms with Crippen molar-refractivity contribution < 1.29 is 9.59 Å². The molecule has 19 heavy (non-hydrogen) atoms. The van der Waals surface area contributed by atoms with Crippen molar-refractivity contribution in [1.29, 1.82) is 0 Å². The maximum absolute atomic E-state index is 12.1. The largest absolute Gasteiger partial charge is 0.331 e. The lowest BCUT2D eigenvalue weighted by Crippen LogP contribution is -2.44. The number of carbonyl (C=O) groups excluding carboxylic acids is 2. The number of carbonyl (C=O) groups is 2. The molecule has 2 atom stereocenters. The molecule has 3 N–H and O–H groups in total. The third-order valence-corrected chi connectivity index (χ3v) is 3.72. The van der Waals surface area contributed by atoms with Gasteiger partial charge in [-0.3, -0.25) is 9.59 Å². The highest BCUT2D eigenvalue weighted by atomic mass is 32.1. The number of nitrogens with one attached hydrogen (secondary N) is 1. The van der Waals surface area contributed by atoms with Crippen LogP contribution in [0.4, 0.5) is 5.13 Å². The van der Waals surface area contributed by atoms with Crippen LogP contribution in [-0.4, -0.2) is 40.3 Å². The van der Waals surface area contributed by atoms with E-state index < -0.39 is 6.04 Å². The van der Waals surface area contributed by atoms with Crippen molar-refractivity contribution >= 4 is 28.3 Å². The molecule has 0 radical (unpaired) electrons. The number of hydrogen-bond acceptors (Lipinski definition) is 5. The molecule has 104 valence electrons. The first-order valence-electron chi connectivity index (χ1n) is 6.33. The highest BCUT2D eigenvalue weighted by molar-refractivity contribution is 7.13. The maximum atomic E-state index is 12.1. The summed E-state index contributed by atoms with van der Waals surface area (Å²) < 4.78 is 0. The van der Waals surface area contributed by atoms with Crippen LogP contribution in [0.15, 0.2) is 11.6 Å². The monoisotopic (exact) mass is 282 g/mol. The number of nitrogens with zero attached hydrogens (tertiary/aromatic N) is 2. The second-order valence-corrected chi connectivity index (χ2v) is 5.65. The summed E-state index contributed by atoms with van der Waals surface area (Å²) in [4.78, 5) is 29.8. The number of aromatic nitrogens is 1. The van der Waals surface area contributed by atoms with Crippen LogP contribution in [0.3, 0.4) is 0 Å². The normalized spacial score (nSPS) is 20.3. The number of rotatable bonds is 4. The maximum Gasteiger partial charge on any atom is 0.248 e. The summed E-state index contributed by atoms with van der Waals surface area (Å²) in [6, 6.07) is -0.578. The number of amides is 2. The van der Waals surface area contributed by atoms with E-state index in [1.807, 2.05) is 0 Å². The summed E-state index contributed by atoms with van der Waals surface area (Å²) in [7, 11) is 0. The Hall–Kier alpha value is -1.47. The van der Waals surface area contributed by atoms with Gasteiger partial charge in [-0.1, -0.05) is 0 Å². The molecule has 0 spiro atoms. The van der Waals surface area contributed by atoms with Crippen LogP contribution < -0.4 is 11.1 Å². The SMILES string of the molecule is CC(N)CC(=O)N1CCCC1C(=O)Nc1nccs1. The topological polar surface area (TPSA) is 88.3 Å². The number of nitrogens with two attached hydrogens (primary N) is 1. The zero-order valence-corrected chi connectivity index (χ0v) is 11.7.